The molecule has 0 saturated heterocycles. The van der Waals surface area contributed by atoms with Gasteiger partial charge in [0.2, 0.25) is 0 Å². The lowest BCUT2D eigenvalue weighted by atomic mass is 9.82. The molecule has 152 valence electrons. The molecule has 5 heteroatoms. The van der Waals surface area contributed by atoms with Gasteiger partial charge in [0.15, 0.2) is 5.41 Å². The van der Waals surface area contributed by atoms with Crippen molar-refractivity contribution in [1.29, 1.82) is 0 Å². The minimum atomic E-state index is -1.35. The number of hydrogen-bond acceptors (Lipinski definition) is 4. The number of hydrogen-bond donors (Lipinski definition) is 0. The van der Waals surface area contributed by atoms with E-state index in [0.29, 0.717) is 6.61 Å². The summed E-state index contributed by atoms with van der Waals surface area (Å²) in [5.41, 5.74) is -1.35. The van der Waals surface area contributed by atoms with Gasteiger partial charge >= 0.3 is 11.9 Å². The summed E-state index contributed by atoms with van der Waals surface area (Å²) in [7, 11) is 0. The van der Waals surface area contributed by atoms with Gasteiger partial charge in [0.25, 0.3) is 0 Å². The number of rotatable bonds is 13. The lowest BCUT2D eigenvalue weighted by Gasteiger charge is -2.26. The van der Waals surface area contributed by atoms with Crippen molar-refractivity contribution in [2.24, 2.45) is 5.41 Å². The second kappa shape index (κ2) is 12.5. The van der Waals surface area contributed by atoms with E-state index >= 15 is 0 Å². The predicted octanol–water partition coefficient (Wildman–Crippen LogP) is 5.83. The fourth-order valence-corrected chi connectivity index (χ4v) is 3.01. The summed E-state index contributed by atoms with van der Waals surface area (Å²) in [6.45, 7) is 6.00. The Morgan fingerprint density at radius 1 is 0.926 bits per heavy atom. The first kappa shape index (κ1) is 23.1. The number of ether oxygens (including phenoxy) is 2. The first-order valence-electron chi connectivity index (χ1n) is 10.1. The van der Waals surface area contributed by atoms with E-state index < -0.39 is 23.2 Å². The van der Waals surface area contributed by atoms with E-state index in [2.05, 4.69) is 6.92 Å². The van der Waals surface area contributed by atoms with E-state index in [1.807, 2.05) is 0 Å². The standard InChI is InChI=1S/C22H33FO4/c1-4-7-8-9-10-11-12-16-26-20(24)22(5-2,6-3)21(25)27-19-15-13-14-18(23)17-19/h13-15,17H,4-12,16H2,1-3H3. The maximum atomic E-state index is 13.3. The van der Waals surface area contributed by atoms with Crippen molar-refractivity contribution in [1.82, 2.24) is 0 Å². The zero-order chi connectivity index (χ0) is 20.1. The first-order chi connectivity index (χ1) is 13.0. The largest absolute Gasteiger partial charge is 0.465 e. The quantitative estimate of drug-likeness (QED) is 0.187. The van der Waals surface area contributed by atoms with Crippen molar-refractivity contribution in [3.8, 4) is 5.75 Å². The normalized spacial score (nSPS) is 11.3. The molecule has 0 atom stereocenters. The molecule has 0 aliphatic heterocycles. The van der Waals surface area contributed by atoms with Crippen LogP contribution >= 0.6 is 0 Å². The Morgan fingerprint density at radius 2 is 1.56 bits per heavy atom. The topological polar surface area (TPSA) is 52.6 Å². The molecule has 27 heavy (non-hydrogen) atoms. The lowest BCUT2D eigenvalue weighted by molar-refractivity contribution is -0.168. The van der Waals surface area contributed by atoms with Gasteiger partial charge in [0.1, 0.15) is 11.6 Å². The molecule has 0 heterocycles. The van der Waals surface area contributed by atoms with Crippen LogP contribution in [0.4, 0.5) is 4.39 Å². The van der Waals surface area contributed by atoms with Crippen molar-refractivity contribution in [3.05, 3.63) is 30.1 Å². The Balaban J connectivity index is 2.53. The highest BCUT2D eigenvalue weighted by Gasteiger charge is 2.46. The summed E-state index contributed by atoms with van der Waals surface area (Å²) in [6, 6.07) is 5.33. The Bertz CT molecular complexity index is 581. The number of halogens is 1. The van der Waals surface area contributed by atoms with Crippen molar-refractivity contribution in [2.45, 2.75) is 78.6 Å². The van der Waals surface area contributed by atoms with Gasteiger partial charge in [0.05, 0.1) is 6.61 Å². The SMILES string of the molecule is CCCCCCCCCOC(=O)C(CC)(CC)C(=O)Oc1cccc(F)c1. The van der Waals surface area contributed by atoms with Crippen LogP contribution in [0.2, 0.25) is 0 Å². The summed E-state index contributed by atoms with van der Waals surface area (Å²) in [5, 5.41) is 0. The molecule has 0 N–H and O–H groups in total. The molecule has 0 amide bonds. The van der Waals surface area contributed by atoms with Gasteiger partial charge in [-0.05, 0) is 31.4 Å². The minimum absolute atomic E-state index is 0.0890. The number of esters is 2. The Labute approximate surface area is 162 Å². The molecular weight excluding hydrogens is 347 g/mol. The average molecular weight is 381 g/mol. The summed E-state index contributed by atoms with van der Waals surface area (Å²) in [4.78, 5) is 25.2. The molecule has 0 unspecified atom stereocenters. The van der Waals surface area contributed by atoms with E-state index in [4.69, 9.17) is 9.47 Å². The van der Waals surface area contributed by atoms with E-state index in [0.717, 1.165) is 25.3 Å². The smallest absolute Gasteiger partial charge is 0.328 e. The zero-order valence-corrected chi connectivity index (χ0v) is 16.9. The monoisotopic (exact) mass is 380 g/mol. The highest BCUT2D eigenvalue weighted by atomic mass is 19.1. The van der Waals surface area contributed by atoms with Crippen LogP contribution in [0.1, 0.15) is 78.6 Å². The number of benzene rings is 1. The van der Waals surface area contributed by atoms with Gasteiger partial charge in [0, 0.05) is 6.07 Å². The second-order valence-electron chi connectivity index (χ2n) is 6.89. The van der Waals surface area contributed by atoms with Gasteiger partial charge in [-0.2, -0.15) is 0 Å². The van der Waals surface area contributed by atoms with Crippen LogP contribution in [0.15, 0.2) is 24.3 Å². The van der Waals surface area contributed by atoms with E-state index in [9.17, 15) is 14.0 Å². The van der Waals surface area contributed by atoms with Gasteiger partial charge in [-0.3, -0.25) is 9.59 Å². The van der Waals surface area contributed by atoms with Crippen LogP contribution in [0, 0.1) is 11.2 Å². The second-order valence-corrected chi connectivity index (χ2v) is 6.89. The zero-order valence-electron chi connectivity index (χ0n) is 16.9. The third-order valence-electron chi connectivity index (χ3n) is 4.98. The molecule has 0 bridgehead atoms. The first-order valence-corrected chi connectivity index (χ1v) is 10.1. The molecule has 1 rings (SSSR count). The summed E-state index contributed by atoms with van der Waals surface area (Å²) in [5.74, 6) is -1.66. The fourth-order valence-electron chi connectivity index (χ4n) is 3.01. The highest BCUT2D eigenvalue weighted by molar-refractivity contribution is 6.00. The van der Waals surface area contributed by atoms with Crippen LogP contribution < -0.4 is 4.74 Å². The van der Waals surface area contributed by atoms with Gasteiger partial charge in [-0.25, -0.2) is 4.39 Å². The van der Waals surface area contributed by atoms with Gasteiger partial charge in [-0.1, -0.05) is 65.4 Å². The lowest BCUT2D eigenvalue weighted by Crippen LogP contribution is -2.42. The van der Waals surface area contributed by atoms with Crippen molar-refractivity contribution in [3.63, 3.8) is 0 Å². The molecule has 0 fully saturated rings. The number of carbonyl (C=O) groups excluding carboxylic acids is 2. The molecule has 0 aromatic heterocycles. The maximum absolute atomic E-state index is 13.3. The summed E-state index contributed by atoms with van der Waals surface area (Å²) in [6.07, 6.45) is 8.41. The highest BCUT2D eigenvalue weighted by Crippen LogP contribution is 2.31. The molecule has 0 aliphatic rings. The summed E-state index contributed by atoms with van der Waals surface area (Å²) >= 11 is 0. The average Bonchev–Trinajstić information content (AvgIpc) is 2.65. The maximum Gasteiger partial charge on any atom is 0.328 e. The fraction of sp³-hybridized carbons (Fsp3) is 0.636. The van der Waals surface area contributed by atoms with Crippen LogP contribution in [-0.4, -0.2) is 18.5 Å². The van der Waals surface area contributed by atoms with E-state index in [-0.39, 0.29) is 18.6 Å². The number of unbranched alkanes of at least 4 members (excludes halogenated alkanes) is 6. The van der Waals surface area contributed by atoms with E-state index in [1.54, 1.807) is 13.8 Å². The Kier molecular flexibility index (Phi) is 10.7. The van der Waals surface area contributed by atoms with E-state index in [1.165, 1.54) is 43.9 Å². The van der Waals surface area contributed by atoms with Crippen LogP contribution in [0.5, 0.6) is 5.75 Å². The third-order valence-corrected chi connectivity index (χ3v) is 4.98. The minimum Gasteiger partial charge on any atom is -0.465 e. The molecule has 0 spiro atoms. The summed E-state index contributed by atoms with van der Waals surface area (Å²) < 4.78 is 23.9. The van der Waals surface area contributed by atoms with Crippen LogP contribution in [0.25, 0.3) is 0 Å². The molecular formula is C22H33FO4. The van der Waals surface area contributed by atoms with Crippen LogP contribution in [-0.2, 0) is 14.3 Å². The van der Waals surface area contributed by atoms with Crippen molar-refractivity contribution in [2.75, 3.05) is 6.61 Å². The molecule has 1 aromatic rings. The molecule has 0 saturated carbocycles. The number of carbonyl (C=O) groups is 2. The van der Waals surface area contributed by atoms with Crippen LogP contribution in [0.3, 0.4) is 0 Å². The molecule has 0 radical (unpaired) electrons. The van der Waals surface area contributed by atoms with Gasteiger partial charge in [-0.15, -0.1) is 0 Å². The Hall–Kier alpha value is -1.91. The third kappa shape index (κ3) is 7.31. The molecule has 4 nitrogen and oxygen atoms in total. The van der Waals surface area contributed by atoms with Crippen molar-refractivity contribution >= 4 is 11.9 Å². The Morgan fingerprint density at radius 3 is 2.15 bits per heavy atom. The van der Waals surface area contributed by atoms with Crippen molar-refractivity contribution < 1.29 is 23.5 Å². The predicted molar refractivity (Wildman–Crippen MR) is 104 cm³/mol. The molecule has 1 aromatic carbocycles. The molecule has 0 aliphatic carbocycles. The van der Waals surface area contributed by atoms with Gasteiger partial charge < -0.3 is 9.47 Å².